The Morgan fingerprint density at radius 1 is 1.00 bits per heavy atom. The van der Waals surface area contributed by atoms with Gasteiger partial charge in [0.2, 0.25) is 0 Å². The van der Waals surface area contributed by atoms with Crippen LogP contribution in [0.15, 0.2) is 42.5 Å². The predicted octanol–water partition coefficient (Wildman–Crippen LogP) is 5.49. The lowest BCUT2D eigenvalue weighted by molar-refractivity contribution is 0.103. The van der Waals surface area contributed by atoms with Crippen molar-refractivity contribution in [3.8, 4) is 0 Å². The third-order valence-electron chi connectivity index (χ3n) is 3.93. The van der Waals surface area contributed by atoms with Gasteiger partial charge in [0, 0.05) is 16.1 Å². The largest absolute Gasteiger partial charge is 0.289 e. The van der Waals surface area contributed by atoms with Gasteiger partial charge in [0.1, 0.15) is 0 Å². The van der Waals surface area contributed by atoms with Gasteiger partial charge in [0.25, 0.3) is 0 Å². The Morgan fingerprint density at radius 3 is 2.25 bits per heavy atom. The highest BCUT2D eigenvalue weighted by Gasteiger charge is 2.20. The number of ketones is 1. The standard InChI is InChI=1S/C17H14Cl2O/c18-14-8-9-15(16(19)10-14)17(20)13-6-4-12(5-7-13)11-2-1-3-11/h4-11H,1-3H2. The minimum atomic E-state index is -0.0631. The molecular weight excluding hydrogens is 291 g/mol. The summed E-state index contributed by atoms with van der Waals surface area (Å²) in [5.74, 6) is 0.616. The molecule has 2 aromatic carbocycles. The molecule has 0 unspecified atom stereocenters. The number of halogens is 2. The van der Waals surface area contributed by atoms with E-state index in [1.54, 1.807) is 18.2 Å². The highest BCUT2D eigenvalue weighted by Crippen LogP contribution is 2.36. The summed E-state index contributed by atoms with van der Waals surface area (Å²) < 4.78 is 0. The normalized spacial score (nSPS) is 14.9. The molecule has 0 heterocycles. The summed E-state index contributed by atoms with van der Waals surface area (Å²) in [5, 5.41) is 0.928. The number of hydrogen-bond acceptors (Lipinski definition) is 1. The number of benzene rings is 2. The fraction of sp³-hybridized carbons (Fsp3) is 0.235. The summed E-state index contributed by atoms with van der Waals surface area (Å²) in [6.45, 7) is 0. The summed E-state index contributed by atoms with van der Waals surface area (Å²) in [6.07, 6.45) is 3.83. The second-order valence-corrected chi connectivity index (χ2v) is 6.05. The summed E-state index contributed by atoms with van der Waals surface area (Å²) in [7, 11) is 0. The Morgan fingerprint density at radius 2 is 1.70 bits per heavy atom. The van der Waals surface area contributed by atoms with Crippen LogP contribution in [0.25, 0.3) is 0 Å². The maximum atomic E-state index is 12.4. The van der Waals surface area contributed by atoms with Gasteiger partial charge in [-0.25, -0.2) is 0 Å². The molecule has 0 saturated heterocycles. The van der Waals surface area contributed by atoms with Crippen molar-refractivity contribution >= 4 is 29.0 Å². The van der Waals surface area contributed by atoms with Crippen LogP contribution in [-0.4, -0.2) is 5.78 Å². The van der Waals surface area contributed by atoms with Gasteiger partial charge in [-0.3, -0.25) is 4.79 Å². The third-order valence-corrected chi connectivity index (χ3v) is 4.47. The van der Waals surface area contributed by atoms with E-state index in [2.05, 4.69) is 12.1 Å². The second kappa shape index (κ2) is 5.59. The molecule has 0 N–H and O–H groups in total. The van der Waals surface area contributed by atoms with Gasteiger partial charge >= 0.3 is 0 Å². The first-order valence-electron chi connectivity index (χ1n) is 6.75. The number of rotatable bonds is 3. The fourth-order valence-electron chi connectivity index (χ4n) is 2.48. The van der Waals surface area contributed by atoms with E-state index >= 15 is 0 Å². The molecule has 2 aromatic rings. The summed E-state index contributed by atoms with van der Waals surface area (Å²) in [6, 6.07) is 12.8. The van der Waals surface area contributed by atoms with Gasteiger partial charge < -0.3 is 0 Å². The number of hydrogen-bond donors (Lipinski definition) is 0. The maximum Gasteiger partial charge on any atom is 0.194 e. The van der Waals surface area contributed by atoms with Crippen molar-refractivity contribution in [1.29, 1.82) is 0 Å². The van der Waals surface area contributed by atoms with Crippen LogP contribution in [0.3, 0.4) is 0 Å². The Labute approximate surface area is 128 Å². The molecule has 1 fully saturated rings. The first kappa shape index (κ1) is 13.7. The van der Waals surface area contributed by atoms with Gasteiger partial charge in [-0.15, -0.1) is 0 Å². The Balaban J connectivity index is 1.86. The van der Waals surface area contributed by atoms with Crippen LogP contribution < -0.4 is 0 Å². The predicted molar refractivity (Wildman–Crippen MR) is 82.9 cm³/mol. The smallest absolute Gasteiger partial charge is 0.194 e. The van der Waals surface area contributed by atoms with Crippen LogP contribution in [0.2, 0.25) is 10.0 Å². The molecule has 0 radical (unpaired) electrons. The van der Waals surface area contributed by atoms with Crippen molar-refractivity contribution < 1.29 is 4.79 Å². The lowest BCUT2D eigenvalue weighted by Gasteiger charge is -2.25. The molecule has 102 valence electrons. The van der Waals surface area contributed by atoms with Crippen molar-refractivity contribution in [3.05, 3.63) is 69.2 Å². The van der Waals surface area contributed by atoms with Crippen molar-refractivity contribution in [1.82, 2.24) is 0 Å². The topological polar surface area (TPSA) is 17.1 Å². The molecule has 1 aliphatic carbocycles. The van der Waals surface area contributed by atoms with E-state index in [-0.39, 0.29) is 5.78 Å². The summed E-state index contributed by atoms with van der Waals surface area (Å²) >= 11 is 11.9. The Hall–Kier alpha value is -1.31. The van der Waals surface area contributed by atoms with E-state index in [0.717, 1.165) is 0 Å². The summed E-state index contributed by atoms with van der Waals surface area (Å²) in [4.78, 5) is 12.4. The summed E-state index contributed by atoms with van der Waals surface area (Å²) in [5.41, 5.74) is 2.49. The van der Waals surface area contributed by atoms with Crippen molar-refractivity contribution in [2.24, 2.45) is 0 Å². The van der Waals surface area contributed by atoms with E-state index in [0.29, 0.717) is 27.1 Å². The second-order valence-electron chi connectivity index (χ2n) is 5.20. The van der Waals surface area contributed by atoms with E-state index in [1.165, 1.54) is 24.8 Å². The zero-order valence-corrected chi connectivity index (χ0v) is 12.4. The molecule has 1 nitrogen and oxygen atoms in total. The van der Waals surface area contributed by atoms with Crippen LogP contribution >= 0.6 is 23.2 Å². The van der Waals surface area contributed by atoms with Crippen molar-refractivity contribution in [2.75, 3.05) is 0 Å². The lowest BCUT2D eigenvalue weighted by atomic mass is 9.80. The molecule has 0 aromatic heterocycles. The Kier molecular flexibility index (Phi) is 3.82. The molecule has 0 bridgehead atoms. The third kappa shape index (κ3) is 2.61. The molecule has 0 atom stereocenters. The van der Waals surface area contributed by atoms with Crippen molar-refractivity contribution in [3.63, 3.8) is 0 Å². The van der Waals surface area contributed by atoms with Gasteiger partial charge in [-0.1, -0.05) is 53.9 Å². The average Bonchev–Trinajstić information content (AvgIpc) is 2.37. The van der Waals surface area contributed by atoms with Crippen molar-refractivity contribution in [2.45, 2.75) is 25.2 Å². The van der Waals surface area contributed by atoms with Crippen LogP contribution in [0, 0.1) is 0 Å². The molecule has 3 heteroatoms. The molecule has 1 saturated carbocycles. The number of carbonyl (C=O) groups is 1. The van der Waals surface area contributed by atoms with Gasteiger partial charge in [-0.05, 0) is 42.5 Å². The maximum absolute atomic E-state index is 12.4. The van der Waals surface area contributed by atoms with E-state index in [9.17, 15) is 4.79 Å². The molecule has 20 heavy (non-hydrogen) atoms. The minimum absolute atomic E-state index is 0.0631. The van der Waals surface area contributed by atoms with Crippen LogP contribution in [0.1, 0.15) is 46.7 Å². The monoisotopic (exact) mass is 304 g/mol. The molecule has 0 spiro atoms. The van der Waals surface area contributed by atoms with E-state index < -0.39 is 0 Å². The fourth-order valence-corrected chi connectivity index (χ4v) is 2.97. The Bertz CT molecular complexity index is 643. The molecule has 0 aliphatic heterocycles. The average molecular weight is 305 g/mol. The van der Waals surface area contributed by atoms with Gasteiger partial charge in [0.15, 0.2) is 5.78 Å². The molecule has 3 rings (SSSR count). The molecular formula is C17H14Cl2O. The zero-order chi connectivity index (χ0) is 14.1. The highest BCUT2D eigenvalue weighted by molar-refractivity contribution is 6.37. The molecule has 0 amide bonds. The SMILES string of the molecule is O=C(c1ccc(C2CCC2)cc1)c1ccc(Cl)cc1Cl. The number of carbonyl (C=O) groups excluding carboxylic acids is 1. The quantitative estimate of drug-likeness (QED) is 0.685. The van der Waals surface area contributed by atoms with Crippen LogP contribution in [-0.2, 0) is 0 Å². The van der Waals surface area contributed by atoms with Gasteiger partial charge in [0.05, 0.1) is 5.02 Å². The van der Waals surface area contributed by atoms with E-state index in [4.69, 9.17) is 23.2 Å². The van der Waals surface area contributed by atoms with E-state index in [1.807, 2.05) is 12.1 Å². The molecule has 1 aliphatic rings. The van der Waals surface area contributed by atoms with Gasteiger partial charge in [-0.2, -0.15) is 0 Å². The first-order chi connectivity index (χ1) is 9.65. The zero-order valence-electron chi connectivity index (χ0n) is 10.9. The van der Waals surface area contributed by atoms with Crippen LogP contribution in [0.4, 0.5) is 0 Å². The lowest BCUT2D eigenvalue weighted by Crippen LogP contribution is -2.09. The minimum Gasteiger partial charge on any atom is -0.289 e. The van der Waals surface area contributed by atoms with Crippen LogP contribution in [0.5, 0.6) is 0 Å². The highest BCUT2D eigenvalue weighted by atomic mass is 35.5. The first-order valence-corrected chi connectivity index (χ1v) is 7.50.